The van der Waals surface area contributed by atoms with Crippen molar-refractivity contribution < 1.29 is 24.6 Å². The first-order valence-corrected chi connectivity index (χ1v) is 5.35. The summed E-state index contributed by atoms with van der Waals surface area (Å²) in [5.74, 6) is -3.03. The number of carboxylic acids is 2. The molecule has 0 aliphatic rings. The van der Waals surface area contributed by atoms with Crippen molar-refractivity contribution in [2.75, 3.05) is 0 Å². The summed E-state index contributed by atoms with van der Waals surface area (Å²) in [6.07, 6.45) is 0.551. The Labute approximate surface area is 101 Å². The summed E-state index contributed by atoms with van der Waals surface area (Å²) in [6, 6.07) is -0.690. The second-order valence-electron chi connectivity index (χ2n) is 4.40. The van der Waals surface area contributed by atoms with Gasteiger partial charge in [0, 0.05) is 5.92 Å². The third-order valence-electron chi connectivity index (χ3n) is 1.78. The first-order chi connectivity index (χ1) is 7.59. The van der Waals surface area contributed by atoms with Gasteiger partial charge in [-0.25, -0.2) is 4.79 Å². The number of carboxylic acid groups (broad SMARTS) is 2. The van der Waals surface area contributed by atoms with Crippen LogP contribution in [0.4, 0.5) is 0 Å². The van der Waals surface area contributed by atoms with Gasteiger partial charge in [-0.1, -0.05) is 27.7 Å². The summed E-state index contributed by atoms with van der Waals surface area (Å²) >= 11 is 0. The van der Waals surface area contributed by atoms with Gasteiger partial charge >= 0.3 is 11.9 Å². The molecule has 1 atom stereocenters. The second-order valence-corrected chi connectivity index (χ2v) is 4.40. The smallest absolute Gasteiger partial charge is 0.372 e. The molecular formula is C11H21NO5. The highest BCUT2D eigenvalue weighted by Gasteiger charge is 2.14. The summed E-state index contributed by atoms with van der Waals surface area (Å²) in [7, 11) is 0. The molecular weight excluding hydrogens is 226 g/mol. The van der Waals surface area contributed by atoms with E-state index in [0.29, 0.717) is 12.3 Å². The molecule has 0 spiro atoms. The number of hydrogen-bond donors (Lipinski definition) is 3. The summed E-state index contributed by atoms with van der Waals surface area (Å²) < 4.78 is 0. The lowest BCUT2D eigenvalue weighted by molar-refractivity contribution is -0.150. The van der Waals surface area contributed by atoms with E-state index in [4.69, 9.17) is 15.9 Å². The van der Waals surface area contributed by atoms with Gasteiger partial charge in [0.05, 0.1) is 0 Å². The topological polar surface area (TPSA) is 118 Å². The average Bonchev–Trinajstić information content (AvgIpc) is 2.15. The Balaban J connectivity index is 0. The van der Waals surface area contributed by atoms with Crippen LogP contribution in [0, 0.1) is 11.8 Å². The van der Waals surface area contributed by atoms with E-state index >= 15 is 0 Å². The van der Waals surface area contributed by atoms with Crippen molar-refractivity contribution in [3.63, 3.8) is 0 Å². The molecule has 0 amide bonds. The fourth-order valence-electron chi connectivity index (χ4n) is 0.856. The van der Waals surface area contributed by atoms with Gasteiger partial charge in [0.15, 0.2) is 0 Å². The van der Waals surface area contributed by atoms with Crippen LogP contribution >= 0.6 is 0 Å². The fourth-order valence-corrected chi connectivity index (χ4v) is 0.856. The number of carbonyl (C=O) groups excluding carboxylic acids is 1. The third-order valence-corrected chi connectivity index (χ3v) is 1.78. The molecule has 0 saturated heterocycles. The van der Waals surface area contributed by atoms with E-state index in [1.165, 1.54) is 0 Å². The van der Waals surface area contributed by atoms with Crippen molar-refractivity contribution in [3.8, 4) is 0 Å². The molecule has 0 heterocycles. The third kappa shape index (κ3) is 10.8. The lowest BCUT2D eigenvalue weighted by atomic mass is 10.1. The number of carbonyl (C=O) groups is 3. The molecule has 0 unspecified atom stereocenters. The maximum atomic E-state index is 10.2. The molecule has 100 valence electrons. The van der Waals surface area contributed by atoms with Gasteiger partial charge in [-0.3, -0.25) is 9.59 Å². The molecule has 0 aromatic rings. The van der Waals surface area contributed by atoms with Crippen LogP contribution in [-0.4, -0.2) is 34.0 Å². The van der Waals surface area contributed by atoms with E-state index in [2.05, 4.69) is 0 Å². The van der Waals surface area contributed by atoms with E-state index in [0.717, 1.165) is 0 Å². The zero-order chi connectivity index (χ0) is 14.2. The SMILES string of the molecule is CC(C)C(=O)C(=O)O.CC(C)C[C@H](N)C(=O)O. The van der Waals surface area contributed by atoms with Crippen LogP contribution in [0.3, 0.4) is 0 Å². The van der Waals surface area contributed by atoms with Crippen LogP contribution in [0.5, 0.6) is 0 Å². The highest BCUT2D eigenvalue weighted by atomic mass is 16.4. The van der Waals surface area contributed by atoms with Gasteiger partial charge in [-0.15, -0.1) is 0 Å². The standard InChI is InChI=1S/C6H13NO2.C5H8O3/c1-4(2)3-5(7)6(8)9;1-3(2)4(6)5(7)8/h4-5H,3,7H2,1-2H3,(H,8,9);3H,1-2H3,(H,7,8)/t5-;/m0./s1. The Morgan fingerprint density at radius 2 is 1.47 bits per heavy atom. The molecule has 0 bridgehead atoms. The van der Waals surface area contributed by atoms with Crippen LogP contribution in [0.2, 0.25) is 0 Å². The summed E-state index contributed by atoms with van der Waals surface area (Å²) in [5, 5.41) is 16.3. The maximum Gasteiger partial charge on any atom is 0.372 e. The molecule has 0 aromatic carbocycles. The quantitative estimate of drug-likeness (QED) is 0.617. The van der Waals surface area contributed by atoms with E-state index in [1.807, 2.05) is 13.8 Å². The van der Waals surface area contributed by atoms with Crippen molar-refractivity contribution in [3.05, 3.63) is 0 Å². The Morgan fingerprint density at radius 3 is 1.53 bits per heavy atom. The van der Waals surface area contributed by atoms with Crippen molar-refractivity contribution in [1.29, 1.82) is 0 Å². The Hall–Kier alpha value is -1.43. The average molecular weight is 247 g/mol. The van der Waals surface area contributed by atoms with Gasteiger partial charge in [-0.2, -0.15) is 0 Å². The Kier molecular flexibility index (Phi) is 9.18. The van der Waals surface area contributed by atoms with Crippen LogP contribution in [-0.2, 0) is 14.4 Å². The predicted molar refractivity (Wildman–Crippen MR) is 62.5 cm³/mol. The summed E-state index contributed by atoms with van der Waals surface area (Å²) in [5.41, 5.74) is 5.22. The molecule has 0 aromatic heterocycles. The molecule has 6 nitrogen and oxygen atoms in total. The van der Waals surface area contributed by atoms with E-state index in [1.54, 1.807) is 13.8 Å². The molecule has 0 rings (SSSR count). The minimum atomic E-state index is -1.35. The molecule has 17 heavy (non-hydrogen) atoms. The number of ketones is 1. The number of nitrogens with two attached hydrogens (primary N) is 1. The zero-order valence-electron chi connectivity index (χ0n) is 10.6. The van der Waals surface area contributed by atoms with Gasteiger partial charge in [0.2, 0.25) is 5.78 Å². The van der Waals surface area contributed by atoms with Gasteiger partial charge in [-0.05, 0) is 12.3 Å². The van der Waals surface area contributed by atoms with Crippen molar-refractivity contribution in [2.45, 2.75) is 40.2 Å². The van der Waals surface area contributed by atoms with Gasteiger partial charge in [0.25, 0.3) is 0 Å². The van der Waals surface area contributed by atoms with Crippen molar-refractivity contribution >= 4 is 17.7 Å². The number of rotatable bonds is 5. The summed E-state index contributed by atoms with van der Waals surface area (Å²) in [4.78, 5) is 30.1. The van der Waals surface area contributed by atoms with Crippen LogP contribution in [0.1, 0.15) is 34.1 Å². The highest BCUT2D eigenvalue weighted by molar-refractivity contribution is 6.33. The lowest BCUT2D eigenvalue weighted by Gasteiger charge is -2.07. The highest BCUT2D eigenvalue weighted by Crippen LogP contribution is 2.01. The van der Waals surface area contributed by atoms with E-state index in [-0.39, 0.29) is 0 Å². The van der Waals surface area contributed by atoms with Crippen molar-refractivity contribution in [2.24, 2.45) is 17.6 Å². The van der Waals surface area contributed by atoms with Crippen LogP contribution in [0.15, 0.2) is 0 Å². The minimum Gasteiger partial charge on any atom is -0.480 e. The molecule has 0 aliphatic carbocycles. The number of hydrogen-bond acceptors (Lipinski definition) is 4. The Morgan fingerprint density at radius 1 is 1.06 bits per heavy atom. The first kappa shape index (κ1) is 17.9. The zero-order valence-corrected chi connectivity index (χ0v) is 10.6. The molecule has 6 heteroatoms. The monoisotopic (exact) mass is 247 g/mol. The predicted octanol–water partition coefficient (Wildman–Crippen LogP) is 0.741. The molecule has 0 saturated carbocycles. The van der Waals surface area contributed by atoms with Gasteiger partial charge < -0.3 is 15.9 Å². The van der Waals surface area contributed by atoms with Gasteiger partial charge in [0.1, 0.15) is 6.04 Å². The van der Waals surface area contributed by atoms with Crippen LogP contribution < -0.4 is 5.73 Å². The lowest BCUT2D eigenvalue weighted by Crippen LogP contribution is -2.31. The largest absolute Gasteiger partial charge is 0.480 e. The number of Topliss-reactive ketones (excluding diaryl/α,β-unsaturated/α-hetero) is 1. The number of aliphatic carboxylic acids is 2. The van der Waals surface area contributed by atoms with Crippen molar-refractivity contribution in [1.82, 2.24) is 0 Å². The first-order valence-electron chi connectivity index (χ1n) is 5.35. The van der Waals surface area contributed by atoms with E-state index in [9.17, 15) is 14.4 Å². The van der Waals surface area contributed by atoms with E-state index < -0.39 is 29.7 Å². The second kappa shape index (κ2) is 8.69. The Bertz CT molecular complexity index is 273. The normalized spacial score (nSPS) is 11.7. The molecule has 0 radical (unpaired) electrons. The minimum absolute atomic E-state index is 0.357. The van der Waals surface area contributed by atoms with Crippen LogP contribution in [0.25, 0.3) is 0 Å². The maximum absolute atomic E-state index is 10.2. The molecule has 0 aliphatic heterocycles. The fraction of sp³-hybridized carbons (Fsp3) is 0.727. The molecule has 0 fully saturated rings. The summed E-state index contributed by atoms with van der Waals surface area (Å²) in [6.45, 7) is 7.00. The molecule has 4 N–H and O–H groups in total.